The summed E-state index contributed by atoms with van der Waals surface area (Å²) in [5, 5.41) is 40.9. The van der Waals surface area contributed by atoms with E-state index in [1.807, 2.05) is 23.1 Å². The van der Waals surface area contributed by atoms with Gasteiger partial charge in [0.05, 0.1) is 23.5 Å². The Kier molecular flexibility index (Phi) is 6.69. The molecule has 1 spiro atoms. The average molecular weight is 525 g/mol. The molecule has 2 fully saturated rings. The summed E-state index contributed by atoms with van der Waals surface area (Å²) in [5.74, 6) is -4.37. The van der Waals surface area contributed by atoms with E-state index in [9.17, 15) is 28.5 Å². The Balaban J connectivity index is 1.49. The van der Waals surface area contributed by atoms with Gasteiger partial charge in [0.15, 0.2) is 17.5 Å². The molecule has 8 nitrogen and oxygen atoms in total. The van der Waals surface area contributed by atoms with Crippen LogP contribution in [0.2, 0.25) is 5.02 Å². The molecule has 2 saturated heterocycles. The van der Waals surface area contributed by atoms with Crippen LogP contribution in [0.3, 0.4) is 0 Å². The molecule has 0 saturated carbocycles. The van der Waals surface area contributed by atoms with Gasteiger partial charge in [-0.2, -0.15) is 0 Å². The van der Waals surface area contributed by atoms with Crippen LogP contribution in [-0.2, 0) is 4.74 Å². The highest BCUT2D eigenvalue weighted by Crippen LogP contribution is 2.43. The first kappa shape index (κ1) is 25.0. The highest BCUT2D eigenvalue weighted by molar-refractivity contribution is 6.33. The number of rotatable bonds is 4. The molecule has 0 amide bonds. The minimum absolute atomic E-state index is 0.00892. The first-order chi connectivity index (χ1) is 17.2. The number of halogens is 4. The van der Waals surface area contributed by atoms with Gasteiger partial charge in [-0.1, -0.05) is 28.9 Å². The Hall–Kier alpha value is -2.70. The van der Waals surface area contributed by atoms with Crippen LogP contribution in [0.1, 0.15) is 18.9 Å². The number of ether oxygens (including phenoxy) is 1. The van der Waals surface area contributed by atoms with Gasteiger partial charge in [-0.3, -0.25) is 0 Å². The minimum Gasteiger partial charge on any atom is -0.394 e. The minimum atomic E-state index is -1.60. The van der Waals surface area contributed by atoms with Gasteiger partial charge >= 0.3 is 0 Å². The molecule has 3 N–H and O–H groups in total. The largest absolute Gasteiger partial charge is 0.394 e. The fourth-order valence-electron chi connectivity index (χ4n) is 5.17. The standard InChI is InChI=1S/C24H24ClF3N4O4/c25-14-4-1-2-5-18(14)31-7-3-6-24(12-31)23(35)21(22(34)19(11-33)36-24)32-10-17(29-30-32)13-8-15(26)20(28)16(27)9-13/h1-2,4-5,8-10,19,21-23,33-35H,3,6-7,11-12H2/t19-,21+,22+,23-,24-/m1/s1. The van der Waals surface area contributed by atoms with E-state index < -0.39 is 54.0 Å². The van der Waals surface area contributed by atoms with Crippen molar-refractivity contribution in [2.75, 3.05) is 24.6 Å². The molecule has 192 valence electrons. The second-order valence-corrected chi connectivity index (χ2v) is 9.55. The lowest BCUT2D eigenvalue weighted by Gasteiger charge is -2.54. The van der Waals surface area contributed by atoms with Crippen LogP contribution < -0.4 is 4.90 Å². The molecule has 12 heteroatoms. The second-order valence-electron chi connectivity index (χ2n) is 9.14. The predicted octanol–water partition coefficient (Wildman–Crippen LogP) is 2.71. The molecule has 0 unspecified atom stereocenters. The molecule has 0 aliphatic carbocycles. The van der Waals surface area contributed by atoms with Crippen LogP contribution >= 0.6 is 11.6 Å². The van der Waals surface area contributed by atoms with Crippen molar-refractivity contribution in [3.8, 4) is 11.3 Å². The molecular formula is C24H24ClF3N4O4. The number of aliphatic hydroxyl groups excluding tert-OH is 3. The maximum atomic E-state index is 13.7. The number of nitrogens with zero attached hydrogens (tertiary/aromatic N) is 4. The Bertz CT molecular complexity index is 1240. The molecule has 2 aliphatic rings. The summed E-state index contributed by atoms with van der Waals surface area (Å²) in [6, 6.07) is 7.75. The molecule has 2 aliphatic heterocycles. The van der Waals surface area contributed by atoms with Crippen LogP contribution in [0.5, 0.6) is 0 Å². The van der Waals surface area contributed by atoms with Crippen molar-refractivity contribution in [1.82, 2.24) is 15.0 Å². The van der Waals surface area contributed by atoms with E-state index in [0.717, 1.165) is 17.8 Å². The molecular weight excluding hydrogens is 501 g/mol. The summed E-state index contributed by atoms with van der Waals surface area (Å²) in [6.07, 6.45) is -1.34. The predicted molar refractivity (Wildman–Crippen MR) is 124 cm³/mol. The topological polar surface area (TPSA) is 104 Å². The molecule has 1 aromatic heterocycles. The van der Waals surface area contributed by atoms with Crippen LogP contribution in [0.15, 0.2) is 42.6 Å². The van der Waals surface area contributed by atoms with Crippen molar-refractivity contribution >= 4 is 17.3 Å². The SMILES string of the molecule is OC[C@H]1O[C@@]2(CCCN(c3ccccc3Cl)C2)[C@H](O)[C@@H](n2cc(-c3cc(F)c(F)c(F)c3)nn2)[C@H]1O. The molecule has 36 heavy (non-hydrogen) atoms. The van der Waals surface area contributed by atoms with Crippen molar-refractivity contribution in [2.45, 2.75) is 42.8 Å². The lowest BCUT2D eigenvalue weighted by atomic mass is 9.78. The van der Waals surface area contributed by atoms with Crippen molar-refractivity contribution in [2.24, 2.45) is 0 Å². The van der Waals surface area contributed by atoms with Gasteiger partial charge in [0.1, 0.15) is 35.6 Å². The molecule has 2 aromatic carbocycles. The number of aromatic nitrogens is 3. The van der Waals surface area contributed by atoms with Gasteiger partial charge in [0.25, 0.3) is 0 Å². The molecule has 0 radical (unpaired) electrons. The van der Waals surface area contributed by atoms with Crippen molar-refractivity contribution in [1.29, 1.82) is 0 Å². The fourth-order valence-corrected chi connectivity index (χ4v) is 5.42. The van der Waals surface area contributed by atoms with Gasteiger partial charge in [-0.05, 0) is 37.1 Å². The normalized spacial score (nSPS) is 28.6. The lowest BCUT2D eigenvalue weighted by molar-refractivity contribution is -0.257. The van der Waals surface area contributed by atoms with Gasteiger partial charge in [0, 0.05) is 18.7 Å². The third-order valence-electron chi connectivity index (χ3n) is 6.93. The molecule has 5 rings (SSSR count). The van der Waals surface area contributed by atoms with Gasteiger partial charge in [-0.15, -0.1) is 5.10 Å². The van der Waals surface area contributed by atoms with E-state index in [1.54, 1.807) is 6.07 Å². The van der Waals surface area contributed by atoms with Crippen LogP contribution in [0.4, 0.5) is 18.9 Å². The number of benzene rings is 2. The second kappa shape index (κ2) is 9.64. The molecule has 3 heterocycles. The molecule has 5 atom stereocenters. The Labute approximate surface area is 209 Å². The number of aliphatic hydroxyl groups is 3. The summed E-state index contributed by atoms with van der Waals surface area (Å²) >= 11 is 6.39. The maximum Gasteiger partial charge on any atom is 0.194 e. The van der Waals surface area contributed by atoms with Crippen molar-refractivity contribution in [3.05, 3.63) is 65.1 Å². The Morgan fingerprint density at radius 1 is 1.14 bits per heavy atom. The van der Waals surface area contributed by atoms with E-state index >= 15 is 0 Å². The first-order valence-electron chi connectivity index (χ1n) is 11.4. The van der Waals surface area contributed by atoms with E-state index in [0.29, 0.717) is 24.4 Å². The van der Waals surface area contributed by atoms with Crippen LogP contribution in [0, 0.1) is 17.5 Å². The summed E-state index contributed by atoms with van der Waals surface area (Å²) < 4.78 is 48.2. The molecule has 3 aromatic rings. The first-order valence-corrected chi connectivity index (χ1v) is 11.8. The van der Waals surface area contributed by atoms with Crippen molar-refractivity contribution in [3.63, 3.8) is 0 Å². The van der Waals surface area contributed by atoms with E-state index in [-0.39, 0.29) is 17.8 Å². The number of anilines is 1. The summed E-state index contributed by atoms with van der Waals surface area (Å²) in [7, 11) is 0. The average Bonchev–Trinajstić information content (AvgIpc) is 3.35. The quantitative estimate of drug-likeness (QED) is 0.451. The van der Waals surface area contributed by atoms with Gasteiger partial charge in [-0.25, -0.2) is 17.9 Å². The Morgan fingerprint density at radius 3 is 2.56 bits per heavy atom. The van der Waals surface area contributed by atoms with E-state index in [4.69, 9.17) is 16.3 Å². The van der Waals surface area contributed by atoms with Gasteiger partial charge in [0.2, 0.25) is 0 Å². The van der Waals surface area contributed by atoms with Crippen LogP contribution in [0.25, 0.3) is 11.3 Å². The molecule has 0 bridgehead atoms. The van der Waals surface area contributed by atoms with Gasteiger partial charge < -0.3 is 25.0 Å². The van der Waals surface area contributed by atoms with E-state index in [1.165, 1.54) is 10.9 Å². The highest BCUT2D eigenvalue weighted by Gasteiger charge is 2.56. The zero-order chi connectivity index (χ0) is 25.6. The smallest absolute Gasteiger partial charge is 0.194 e. The number of hydrogen-bond acceptors (Lipinski definition) is 7. The zero-order valence-corrected chi connectivity index (χ0v) is 19.7. The zero-order valence-electron chi connectivity index (χ0n) is 18.9. The number of para-hydroxylation sites is 1. The Morgan fingerprint density at radius 2 is 1.86 bits per heavy atom. The summed E-state index contributed by atoms with van der Waals surface area (Å²) in [6.45, 7) is 0.371. The monoisotopic (exact) mass is 524 g/mol. The highest BCUT2D eigenvalue weighted by atomic mass is 35.5. The third kappa shape index (κ3) is 4.24. The fraction of sp³-hybridized carbons (Fsp3) is 0.417. The van der Waals surface area contributed by atoms with Crippen LogP contribution in [-0.4, -0.2) is 73.9 Å². The maximum absolute atomic E-state index is 13.7. The van der Waals surface area contributed by atoms with E-state index in [2.05, 4.69) is 10.3 Å². The number of hydrogen-bond donors (Lipinski definition) is 3. The number of piperidine rings is 1. The summed E-state index contributed by atoms with van der Waals surface area (Å²) in [5.41, 5.74) is -0.477. The summed E-state index contributed by atoms with van der Waals surface area (Å²) in [4.78, 5) is 1.98. The lowest BCUT2D eigenvalue weighted by Crippen LogP contribution is -2.67. The third-order valence-corrected chi connectivity index (χ3v) is 7.25. The van der Waals surface area contributed by atoms with Crippen molar-refractivity contribution < 1.29 is 33.2 Å².